The molecule has 2 N–H and O–H groups in total. The van der Waals surface area contributed by atoms with Crippen LogP contribution in [-0.2, 0) is 11.0 Å². The molecule has 0 saturated heterocycles. The van der Waals surface area contributed by atoms with Crippen LogP contribution in [0, 0.1) is 0 Å². The number of Topliss-reactive ketones (excluding diaryl/α,β-unsaturated/α-hetero) is 1. The zero-order valence-corrected chi connectivity index (χ0v) is 20.4. The Hall–Kier alpha value is -3.40. The summed E-state index contributed by atoms with van der Waals surface area (Å²) in [6, 6.07) is 10.8. The Kier molecular flexibility index (Phi) is 9.46. The summed E-state index contributed by atoms with van der Waals surface area (Å²) in [4.78, 5) is 24.4. The van der Waals surface area contributed by atoms with Crippen LogP contribution in [-0.4, -0.2) is 48.3 Å². The van der Waals surface area contributed by atoms with Gasteiger partial charge in [0.1, 0.15) is 11.5 Å². The Morgan fingerprint density at radius 1 is 1.08 bits per heavy atom. The molecule has 0 saturated carbocycles. The summed E-state index contributed by atoms with van der Waals surface area (Å²) in [6.45, 7) is 5.27. The third-order valence-corrected chi connectivity index (χ3v) is 5.65. The Balaban J connectivity index is 1.71. The van der Waals surface area contributed by atoms with E-state index in [0.29, 0.717) is 38.1 Å². The van der Waals surface area contributed by atoms with Gasteiger partial charge in [0.15, 0.2) is 0 Å². The first-order chi connectivity index (χ1) is 17.2. The average molecular weight is 505 g/mol. The van der Waals surface area contributed by atoms with Crippen molar-refractivity contribution in [2.24, 2.45) is 5.10 Å². The molecule has 194 valence electrons. The summed E-state index contributed by atoms with van der Waals surface area (Å²) in [5, 5.41) is 11.7. The highest BCUT2D eigenvalue weighted by Crippen LogP contribution is 2.30. The molecule has 0 aromatic heterocycles. The highest BCUT2D eigenvalue weighted by Gasteiger charge is 2.32. The lowest BCUT2D eigenvalue weighted by atomic mass is 10.0. The fourth-order valence-electron chi connectivity index (χ4n) is 3.66. The van der Waals surface area contributed by atoms with Crippen molar-refractivity contribution >= 4 is 23.2 Å². The van der Waals surface area contributed by atoms with Gasteiger partial charge in [0.25, 0.3) is 0 Å². The van der Waals surface area contributed by atoms with E-state index in [1.54, 1.807) is 0 Å². The minimum absolute atomic E-state index is 0.192. The third kappa shape index (κ3) is 7.55. The summed E-state index contributed by atoms with van der Waals surface area (Å²) >= 11 is 0. The molecule has 3 rings (SSSR count). The van der Waals surface area contributed by atoms with Gasteiger partial charge in [-0.25, -0.2) is 9.80 Å². The number of hydrazone groups is 1. The lowest BCUT2D eigenvalue weighted by Crippen LogP contribution is -2.41. The number of urea groups is 1. The molecule has 0 spiro atoms. The van der Waals surface area contributed by atoms with Crippen LogP contribution in [0.15, 0.2) is 53.6 Å². The van der Waals surface area contributed by atoms with E-state index in [1.807, 2.05) is 38.1 Å². The normalized spacial score (nSPS) is 15.5. The van der Waals surface area contributed by atoms with Gasteiger partial charge in [-0.1, -0.05) is 13.8 Å². The van der Waals surface area contributed by atoms with Gasteiger partial charge < -0.3 is 15.4 Å². The molecule has 36 heavy (non-hydrogen) atoms. The molecule has 1 unspecified atom stereocenters. The number of ether oxygens (including phenoxy) is 1. The van der Waals surface area contributed by atoms with Crippen molar-refractivity contribution in [3.63, 3.8) is 0 Å². The van der Waals surface area contributed by atoms with Crippen molar-refractivity contribution in [3.8, 4) is 5.75 Å². The van der Waals surface area contributed by atoms with Gasteiger partial charge in [0.05, 0.1) is 30.5 Å². The molecule has 1 aliphatic rings. The van der Waals surface area contributed by atoms with E-state index in [9.17, 15) is 22.8 Å². The first kappa shape index (κ1) is 27.2. The van der Waals surface area contributed by atoms with Crippen LogP contribution in [0.4, 0.5) is 23.7 Å². The second-order valence-corrected chi connectivity index (χ2v) is 8.45. The van der Waals surface area contributed by atoms with Gasteiger partial charge in [0, 0.05) is 18.5 Å². The lowest BCUT2D eigenvalue weighted by Gasteiger charge is -2.17. The van der Waals surface area contributed by atoms with Gasteiger partial charge in [-0.3, -0.25) is 4.79 Å². The Labute approximate surface area is 208 Å². The number of hydrogen-bond donors (Lipinski definition) is 2. The van der Waals surface area contributed by atoms with E-state index < -0.39 is 17.8 Å². The van der Waals surface area contributed by atoms with E-state index in [2.05, 4.69) is 15.7 Å². The molecular weight excluding hydrogens is 473 g/mol. The van der Waals surface area contributed by atoms with Crippen LogP contribution in [0.25, 0.3) is 0 Å². The number of ketones is 1. The molecule has 0 aliphatic carbocycles. The molecule has 0 fully saturated rings. The molecule has 2 aromatic rings. The molecule has 1 heterocycles. The number of carbonyl (C=O) groups excluding carboxylic acids is 2. The molecule has 2 aromatic carbocycles. The van der Waals surface area contributed by atoms with Crippen molar-refractivity contribution in [2.45, 2.75) is 51.7 Å². The van der Waals surface area contributed by atoms with Gasteiger partial charge in [0.2, 0.25) is 0 Å². The average Bonchev–Trinajstić information content (AvgIpc) is 3.29. The number of halogens is 3. The van der Waals surface area contributed by atoms with Crippen LogP contribution < -0.4 is 15.4 Å². The second-order valence-electron chi connectivity index (χ2n) is 8.45. The Morgan fingerprint density at radius 2 is 1.78 bits per heavy atom. The lowest BCUT2D eigenvalue weighted by molar-refractivity contribution is -0.137. The van der Waals surface area contributed by atoms with Gasteiger partial charge in [-0.15, -0.1) is 0 Å². The smallest absolute Gasteiger partial charge is 0.416 e. The van der Waals surface area contributed by atoms with E-state index >= 15 is 0 Å². The molecule has 10 heteroatoms. The number of rotatable bonds is 11. The van der Waals surface area contributed by atoms with E-state index in [0.717, 1.165) is 29.9 Å². The fourth-order valence-corrected chi connectivity index (χ4v) is 3.66. The monoisotopic (exact) mass is 504 g/mol. The highest BCUT2D eigenvalue weighted by atomic mass is 19.4. The van der Waals surface area contributed by atoms with Crippen LogP contribution in [0.3, 0.4) is 0 Å². The van der Waals surface area contributed by atoms with Gasteiger partial charge in [-0.05, 0) is 73.5 Å². The van der Waals surface area contributed by atoms with Crippen LogP contribution in [0.5, 0.6) is 5.75 Å². The molecule has 7 nitrogen and oxygen atoms in total. The number of hydrogen-bond acceptors (Lipinski definition) is 5. The molecule has 1 atom stereocenters. The number of alkyl halides is 3. The van der Waals surface area contributed by atoms with Gasteiger partial charge in [-0.2, -0.15) is 18.3 Å². The van der Waals surface area contributed by atoms with Gasteiger partial charge >= 0.3 is 12.2 Å². The van der Waals surface area contributed by atoms with Crippen molar-refractivity contribution in [1.82, 2.24) is 10.3 Å². The summed E-state index contributed by atoms with van der Waals surface area (Å²) in [7, 11) is 0. The summed E-state index contributed by atoms with van der Waals surface area (Å²) in [5.41, 5.74) is 0.906. The van der Waals surface area contributed by atoms with Crippen LogP contribution in [0.2, 0.25) is 0 Å². The summed E-state index contributed by atoms with van der Waals surface area (Å²) in [6.07, 6.45) is -1.92. The summed E-state index contributed by atoms with van der Waals surface area (Å²) in [5.74, 6) is 0.927. The third-order valence-electron chi connectivity index (χ3n) is 5.65. The number of benzene rings is 2. The minimum Gasteiger partial charge on any atom is -0.494 e. The number of amides is 2. The summed E-state index contributed by atoms with van der Waals surface area (Å²) < 4.78 is 44.1. The molecule has 0 bridgehead atoms. The number of nitrogens with zero attached hydrogens (tertiary/aromatic N) is 2. The number of nitrogens with one attached hydrogen (secondary N) is 2. The van der Waals surface area contributed by atoms with Crippen LogP contribution in [0.1, 0.15) is 50.7 Å². The SMILES string of the molecule is CCCOc1ccc(C2=NN(C(=O)Nc3ccc(C(F)(F)F)cc3)CC2NCCCC(=O)CC)cc1. The predicted octanol–water partition coefficient (Wildman–Crippen LogP) is 5.46. The first-order valence-electron chi connectivity index (χ1n) is 12.0. The van der Waals surface area contributed by atoms with Crippen molar-refractivity contribution in [3.05, 3.63) is 59.7 Å². The van der Waals surface area contributed by atoms with E-state index in [1.165, 1.54) is 17.1 Å². The number of carbonyl (C=O) groups is 2. The second kappa shape index (κ2) is 12.5. The Morgan fingerprint density at radius 3 is 2.39 bits per heavy atom. The van der Waals surface area contributed by atoms with Crippen molar-refractivity contribution in [2.75, 3.05) is 25.0 Å². The Bertz CT molecular complexity index is 1050. The molecule has 2 amide bonds. The topological polar surface area (TPSA) is 83.0 Å². The van der Waals surface area contributed by atoms with E-state index in [4.69, 9.17) is 4.74 Å². The van der Waals surface area contributed by atoms with E-state index in [-0.39, 0.29) is 24.1 Å². The standard InChI is InChI=1S/C26H31F3N4O3/c1-3-16-36-22-13-7-18(8-14-22)24-23(30-15-5-6-21(34)4-2)17-33(32-24)25(35)31-20-11-9-19(10-12-20)26(27,28)29/h7-14,23,30H,3-6,15-17H2,1-2H3,(H,31,35). The zero-order chi connectivity index (χ0) is 26.1. The molecule has 0 radical (unpaired) electrons. The molecular formula is C26H31F3N4O3. The maximum atomic E-state index is 12.8. The maximum absolute atomic E-state index is 12.8. The van der Waals surface area contributed by atoms with Crippen LogP contribution >= 0.6 is 0 Å². The zero-order valence-electron chi connectivity index (χ0n) is 20.4. The first-order valence-corrected chi connectivity index (χ1v) is 12.0. The predicted molar refractivity (Wildman–Crippen MR) is 132 cm³/mol. The quantitative estimate of drug-likeness (QED) is 0.398. The minimum atomic E-state index is -4.45. The largest absolute Gasteiger partial charge is 0.494 e. The molecule has 1 aliphatic heterocycles. The number of anilines is 1. The fraction of sp³-hybridized carbons (Fsp3) is 0.423. The van der Waals surface area contributed by atoms with Crippen molar-refractivity contribution < 1.29 is 27.5 Å². The van der Waals surface area contributed by atoms with Crippen molar-refractivity contribution in [1.29, 1.82) is 0 Å². The highest BCUT2D eigenvalue weighted by molar-refractivity contribution is 6.07. The maximum Gasteiger partial charge on any atom is 0.416 e.